The third kappa shape index (κ3) is 20.1. The molecule has 2 aromatic rings. The molecule has 0 saturated heterocycles. The van der Waals surface area contributed by atoms with Crippen LogP contribution in [0.2, 0.25) is 13.1 Å². The van der Waals surface area contributed by atoms with E-state index in [1.807, 2.05) is 0 Å². The second-order valence-corrected chi connectivity index (χ2v) is 11.3. The molecule has 0 unspecified atom stereocenters. The fraction of sp³-hybridized carbons (Fsp3) is 0.615. The predicted octanol–water partition coefficient (Wildman–Crippen LogP) is 9.30. The normalized spacial score (nSPS) is 9.47. The fourth-order valence-electron chi connectivity index (χ4n) is 3.06. The van der Waals surface area contributed by atoms with Crippen molar-refractivity contribution in [1.29, 1.82) is 0 Å². The first kappa shape index (κ1) is 32.4. The van der Waals surface area contributed by atoms with E-state index in [-0.39, 0.29) is 0 Å². The van der Waals surface area contributed by atoms with Crippen LogP contribution in [0.1, 0.15) is 88.5 Å². The van der Waals surface area contributed by atoms with Crippen LogP contribution in [-0.2, 0) is 42.7 Å². The molecule has 0 fully saturated rings. The maximum absolute atomic E-state index is 4.89. The van der Waals surface area contributed by atoms with Gasteiger partial charge in [0, 0.05) is 9.52 Å². The van der Waals surface area contributed by atoms with Gasteiger partial charge in [0.05, 0.1) is 0 Å². The first-order valence-corrected chi connectivity index (χ1v) is 18.4. The molecule has 30 heavy (non-hydrogen) atoms. The molecule has 0 aliphatic carbocycles. The molecule has 1 radical (unpaired) electrons. The van der Waals surface area contributed by atoms with Crippen LogP contribution in [0, 0.1) is 0 Å². The second kappa shape index (κ2) is 25.5. The molecule has 0 aliphatic rings. The van der Waals surface area contributed by atoms with Crippen LogP contribution in [0.15, 0.2) is 36.4 Å². The molecule has 0 bridgehead atoms. The summed E-state index contributed by atoms with van der Waals surface area (Å²) >= 11 is -0.556. The first-order valence-electron chi connectivity index (χ1n) is 11.8. The molecule has 0 N–H and O–H groups in total. The molecule has 0 atom stereocenters. The van der Waals surface area contributed by atoms with Crippen molar-refractivity contribution in [1.82, 2.24) is 0 Å². The summed E-state index contributed by atoms with van der Waals surface area (Å²) in [5, 5.41) is 0. The average Bonchev–Trinajstić information content (AvgIpc) is 3.36. The molecule has 0 aliphatic heterocycles. The molecule has 4 heteroatoms. The number of rotatable bonds is 10. The Balaban J connectivity index is 0. The molecule has 0 spiro atoms. The average molecular weight is 505 g/mol. The summed E-state index contributed by atoms with van der Waals surface area (Å²) in [7, 11) is 10.5. The first-order chi connectivity index (χ1) is 14.6. The zero-order chi connectivity index (χ0) is 23.0. The van der Waals surface area contributed by atoms with Gasteiger partial charge in [-0.3, -0.25) is 0 Å². The molecule has 0 nitrogen and oxygen atoms in total. The van der Waals surface area contributed by atoms with Crippen LogP contribution >= 0.6 is 18.6 Å². The van der Waals surface area contributed by atoms with Gasteiger partial charge in [-0.15, -0.1) is 0 Å². The zero-order valence-electron chi connectivity index (χ0n) is 20.4. The topological polar surface area (TPSA) is 0 Å². The summed E-state index contributed by atoms with van der Waals surface area (Å²) in [5.41, 5.74) is 6.09. The van der Waals surface area contributed by atoms with Crippen LogP contribution in [0.5, 0.6) is 0 Å². The second-order valence-electron chi connectivity index (χ2n) is 7.61. The third-order valence-corrected chi connectivity index (χ3v) is 4.48. The Hall–Kier alpha value is 0.211. The van der Waals surface area contributed by atoms with Gasteiger partial charge in [0.1, 0.15) is 0 Å². The number of aryl methyl sites for hydroxylation is 4. The number of hydrogen-bond donors (Lipinski definition) is 0. The molecule has 2 aromatic carbocycles. The van der Waals surface area contributed by atoms with E-state index in [0.29, 0.717) is 0 Å². The Labute approximate surface area is 207 Å². The minimum atomic E-state index is -0.556. The summed E-state index contributed by atoms with van der Waals surface area (Å²) in [4.78, 5) is 0. The Morgan fingerprint density at radius 3 is 1.30 bits per heavy atom. The van der Waals surface area contributed by atoms with E-state index in [1.54, 1.807) is 0 Å². The van der Waals surface area contributed by atoms with E-state index in [2.05, 4.69) is 77.2 Å². The van der Waals surface area contributed by atoms with Gasteiger partial charge in [-0.1, -0.05) is 105 Å². The van der Waals surface area contributed by atoms with E-state index >= 15 is 0 Å². The van der Waals surface area contributed by atoms with Crippen molar-refractivity contribution in [3.05, 3.63) is 58.7 Å². The van der Waals surface area contributed by atoms with Crippen molar-refractivity contribution in [2.75, 3.05) is 0 Å². The van der Waals surface area contributed by atoms with Crippen molar-refractivity contribution < 1.29 is 17.0 Å². The van der Waals surface area contributed by atoms with Crippen molar-refractivity contribution in [3.8, 4) is 0 Å². The Kier molecular flexibility index (Phi) is 27.5. The summed E-state index contributed by atoms with van der Waals surface area (Å²) in [6, 6.07) is 13.8. The van der Waals surface area contributed by atoms with Crippen molar-refractivity contribution in [2.45, 2.75) is 105 Å². The van der Waals surface area contributed by atoms with Gasteiger partial charge in [0.2, 0.25) is 0 Å². The standard InChI is InChI=1S/2C12H19.C2H7Si.2ClH.Ti/c2*1-3-5-7-12-9-8-11(10-12)6-4-2;1-3-2;;;/h2*8-10H,3-7H2,1-2H3;3H,1-2H3;2*1H;/q2*-1;;;;+2/p-2. The van der Waals surface area contributed by atoms with E-state index in [1.165, 1.54) is 86.5 Å². The Bertz CT molecular complexity index is 513. The fourth-order valence-corrected chi connectivity index (χ4v) is 3.06. The zero-order valence-corrected chi connectivity index (χ0v) is 24.6. The summed E-state index contributed by atoms with van der Waals surface area (Å²) in [5.74, 6) is 0. The molecule has 0 heterocycles. The molecule has 0 aromatic heterocycles. The molecular weight excluding hydrogens is 459 g/mol. The van der Waals surface area contributed by atoms with Gasteiger partial charge in [-0.2, -0.15) is 46.5 Å². The predicted molar refractivity (Wildman–Crippen MR) is 140 cm³/mol. The van der Waals surface area contributed by atoms with Gasteiger partial charge < -0.3 is 0 Å². The quantitative estimate of drug-likeness (QED) is 0.223. The van der Waals surface area contributed by atoms with Gasteiger partial charge in [-0.25, -0.2) is 12.1 Å². The SMILES string of the molecule is CCCCc1cc(CCC)c[cH-]1.CCCCc1cc(CCC)c[cH-]1.C[SiH]C.[Cl][Ti][Cl]. The van der Waals surface area contributed by atoms with Crippen LogP contribution in [0.4, 0.5) is 0 Å². The Morgan fingerprint density at radius 1 is 0.700 bits per heavy atom. The summed E-state index contributed by atoms with van der Waals surface area (Å²) < 4.78 is 0. The maximum atomic E-state index is 4.89. The van der Waals surface area contributed by atoms with E-state index in [4.69, 9.17) is 18.6 Å². The number of hydrogen-bond acceptors (Lipinski definition) is 0. The van der Waals surface area contributed by atoms with Crippen molar-refractivity contribution in [2.24, 2.45) is 0 Å². The molecule has 2 rings (SSSR count). The van der Waals surface area contributed by atoms with Gasteiger partial charge in [0.25, 0.3) is 0 Å². The van der Waals surface area contributed by atoms with E-state index in [0.717, 1.165) is 9.52 Å². The van der Waals surface area contributed by atoms with Gasteiger partial charge in [-0.05, 0) is 0 Å². The molecule has 0 amide bonds. The van der Waals surface area contributed by atoms with Crippen LogP contribution in [-0.4, -0.2) is 9.52 Å². The summed E-state index contributed by atoms with van der Waals surface area (Å²) in [6.07, 6.45) is 12.8. The molecular formula is C26H45Cl2SiTi-2. The van der Waals surface area contributed by atoms with Crippen LogP contribution in [0.3, 0.4) is 0 Å². The number of halogens is 2. The minimum absolute atomic E-state index is 0.556. The molecule has 173 valence electrons. The van der Waals surface area contributed by atoms with Gasteiger partial charge in [0.15, 0.2) is 0 Å². The number of unbranched alkanes of at least 4 members (excludes halogenated alkanes) is 2. The van der Waals surface area contributed by atoms with Crippen molar-refractivity contribution >= 4 is 28.1 Å². The Morgan fingerprint density at radius 2 is 1.03 bits per heavy atom. The van der Waals surface area contributed by atoms with Crippen LogP contribution in [0.25, 0.3) is 0 Å². The van der Waals surface area contributed by atoms with E-state index in [9.17, 15) is 0 Å². The molecule has 0 saturated carbocycles. The van der Waals surface area contributed by atoms with E-state index < -0.39 is 17.0 Å². The van der Waals surface area contributed by atoms with Crippen molar-refractivity contribution in [3.63, 3.8) is 0 Å². The summed E-state index contributed by atoms with van der Waals surface area (Å²) in [6.45, 7) is 13.4. The monoisotopic (exact) mass is 503 g/mol. The third-order valence-electron chi connectivity index (χ3n) is 4.48. The van der Waals surface area contributed by atoms with Crippen LogP contribution < -0.4 is 0 Å². The van der Waals surface area contributed by atoms with Gasteiger partial charge >= 0.3 is 35.6 Å².